The maximum absolute atomic E-state index is 9.85. The van der Waals surface area contributed by atoms with E-state index in [1.165, 1.54) is 18.6 Å². The monoisotopic (exact) mass is 267 g/mol. The van der Waals surface area contributed by atoms with E-state index < -0.39 is 0 Å². The third kappa shape index (κ3) is 3.33. The van der Waals surface area contributed by atoms with E-state index in [-0.39, 0.29) is 0 Å². The SMILES string of the molecule is COc1ccc(CNCC2(C)CCCS2)c(O)c1. The fourth-order valence-electron chi connectivity index (χ4n) is 2.26. The number of hydrogen-bond donors (Lipinski definition) is 2. The van der Waals surface area contributed by atoms with Gasteiger partial charge in [0.25, 0.3) is 0 Å². The lowest BCUT2D eigenvalue weighted by Crippen LogP contribution is -2.32. The van der Waals surface area contributed by atoms with Gasteiger partial charge in [-0.3, -0.25) is 0 Å². The highest BCUT2D eigenvalue weighted by Gasteiger charge is 2.28. The van der Waals surface area contributed by atoms with Gasteiger partial charge in [-0.25, -0.2) is 0 Å². The van der Waals surface area contributed by atoms with E-state index in [2.05, 4.69) is 12.2 Å². The van der Waals surface area contributed by atoms with Gasteiger partial charge in [-0.1, -0.05) is 6.07 Å². The lowest BCUT2D eigenvalue weighted by atomic mass is 10.1. The molecule has 100 valence electrons. The first kappa shape index (κ1) is 13.6. The van der Waals surface area contributed by atoms with Gasteiger partial charge in [-0.2, -0.15) is 11.8 Å². The Labute approximate surface area is 113 Å². The standard InChI is InChI=1S/C14H21NO2S/c1-14(6-3-7-18-14)10-15-9-11-4-5-12(17-2)8-13(11)16/h4-5,8,15-16H,3,6-7,9-10H2,1-2H3. The number of thioether (sulfide) groups is 1. The molecule has 0 radical (unpaired) electrons. The Hall–Kier alpha value is -0.870. The smallest absolute Gasteiger partial charge is 0.123 e. The molecule has 1 aromatic carbocycles. The second-order valence-corrected chi connectivity index (χ2v) is 6.68. The molecule has 18 heavy (non-hydrogen) atoms. The summed E-state index contributed by atoms with van der Waals surface area (Å²) in [5.74, 6) is 2.26. The predicted molar refractivity (Wildman–Crippen MR) is 76.5 cm³/mol. The molecule has 2 rings (SSSR count). The second kappa shape index (κ2) is 5.85. The number of hydrogen-bond acceptors (Lipinski definition) is 4. The molecule has 1 fully saturated rings. The molecular weight excluding hydrogens is 246 g/mol. The molecule has 0 bridgehead atoms. The van der Waals surface area contributed by atoms with Crippen LogP contribution in [0.25, 0.3) is 0 Å². The Balaban J connectivity index is 1.86. The van der Waals surface area contributed by atoms with E-state index in [1.54, 1.807) is 13.2 Å². The summed E-state index contributed by atoms with van der Waals surface area (Å²) in [4.78, 5) is 0. The normalized spacial score (nSPS) is 23.2. The van der Waals surface area contributed by atoms with Crippen LogP contribution in [0.4, 0.5) is 0 Å². The summed E-state index contributed by atoms with van der Waals surface area (Å²) in [5, 5.41) is 13.3. The van der Waals surface area contributed by atoms with E-state index in [1.807, 2.05) is 23.9 Å². The van der Waals surface area contributed by atoms with Crippen molar-refractivity contribution in [1.82, 2.24) is 5.32 Å². The summed E-state index contributed by atoms with van der Waals surface area (Å²) in [7, 11) is 1.60. The van der Waals surface area contributed by atoms with E-state index in [9.17, 15) is 5.11 Å². The van der Waals surface area contributed by atoms with Crippen LogP contribution in [0, 0.1) is 0 Å². The first-order valence-corrected chi connectivity index (χ1v) is 7.32. The van der Waals surface area contributed by atoms with Crippen molar-refractivity contribution >= 4 is 11.8 Å². The van der Waals surface area contributed by atoms with Gasteiger partial charge in [0.2, 0.25) is 0 Å². The highest BCUT2D eigenvalue weighted by Crippen LogP contribution is 2.37. The highest BCUT2D eigenvalue weighted by molar-refractivity contribution is 8.00. The summed E-state index contributed by atoms with van der Waals surface area (Å²) in [5.41, 5.74) is 0.919. The molecular formula is C14H21NO2S. The maximum Gasteiger partial charge on any atom is 0.123 e. The van der Waals surface area contributed by atoms with Gasteiger partial charge in [0.05, 0.1) is 7.11 Å². The number of methoxy groups -OCH3 is 1. The Bertz CT molecular complexity index is 403. The van der Waals surface area contributed by atoms with Gasteiger partial charge in [-0.05, 0) is 31.6 Å². The molecule has 0 aliphatic carbocycles. The van der Waals surface area contributed by atoms with Crippen molar-refractivity contribution in [3.8, 4) is 11.5 Å². The summed E-state index contributed by atoms with van der Waals surface area (Å²) >= 11 is 2.05. The molecule has 1 atom stereocenters. The number of benzene rings is 1. The number of aromatic hydroxyl groups is 1. The Morgan fingerprint density at radius 2 is 2.33 bits per heavy atom. The summed E-state index contributed by atoms with van der Waals surface area (Å²) in [6.07, 6.45) is 2.59. The number of nitrogens with one attached hydrogen (secondary N) is 1. The number of rotatable bonds is 5. The summed E-state index contributed by atoms with van der Waals surface area (Å²) in [6, 6.07) is 5.44. The number of phenolic OH excluding ortho intramolecular Hbond substituents is 1. The first-order chi connectivity index (χ1) is 8.63. The molecule has 0 aromatic heterocycles. The molecule has 1 unspecified atom stereocenters. The van der Waals surface area contributed by atoms with E-state index >= 15 is 0 Å². The third-order valence-electron chi connectivity index (χ3n) is 3.41. The van der Waals surface area contributed by atoms with Gasteiger partial charge in [0.1, 0.15) is 11.5 Å². The van der Waals surface area contributed by atoms with Gasteiger partial charge in [-0.15, -0.1) is 0 Å². The zero-order valence-corrected chi connectivity index (χ0v) is 11.8. The van der Waals surface area contributed by atoms with Gasteiger partial charge >= 0.3 is 0 Å². The van der Waals surface area contributed by atoms with Crippen molar-refractivity contribution in [2.24, 2.45) is 0 Å². The minimum Gasteiger partial charge on any atom is -0.507 e. The Morgan fingerprint density at radius 1 is 1.50 bits per heavy atom. The summed E-state index contributed by atoms with van der Waals surface area (Å²) < 4.78 is 5.43. The molecule has 4 heteroatoms. The van der Waals surface area contributed by atoms with Gasteiger partial charge in [0.15, 0.2) is 0 Å². The minimum absolute atomic E-state index is 0.297. The van der Waals surface area contributed by atoms with E-state index in [4.69, 9.17) is 4.74 Å². The third-order valence-corrected chi connectivity index (χ3v) is 4.95. The fraction of sp³-hybridized carbons (Fsp3) is 0.571. The first-order valence-electron chi connectivity index (χ1n) is 6.33. The topological polar surface area (TPSA) is 41.5 Å². The molecule has 1 heterocycles. The molecule has 3 nitrogen and oxygen atoms in total. The van der Waals surface area contributed by atoms with Crippen LogP contribution in [0.2, 0.25) is 0 Å². The van der Waals surface area contributed by atoms with Crippen LogP contribution in [0.1, 0.15) is 25.3 Å². The number of phenols is 1. The maximum atomic E-state index is 9.85. The van der Waals surface area contributed by atoms with Crippen LogP contribution in [0.3, 0.4) is 0 Å². The lowest BCUT2D eigenvalue weighted by Gasteiger charge is -2.23. The average molecular weight is 267 g/mol. The van der Waals surface area contributed by atoms with Crippen LogP contribution < -0.4 is 10.1 Å². The largest absolute Gasteiger partial charge is 0.507 e. The van der Waals surface area contributed by atoms with Crippen molar-refractivity contribution in [2.75, 3.05) is 19.4 Å². The van der Waals surface area contributed by atoms with Crippen molar-refractivity contribution in [1.29, 1.82) is 0 Å². The molecule has 1 aliphatic rings. The van der Waals surface area contributed by atoms with Crippen LogP contribution in [0.5, 0.6) is 11.5 Å². The Kier molecular flexibility index (Phi) is 4.40. The predicted octanol–water partition coefficient (Wildman–Crippen LogP) is 2.78. The Morgan fingerprint density at radius 3 is 2.94 bits per heavy atom. The van der Waals surface area contributed by atoms with Crippen LogP contribution in [-0.2, 0) is 6.54 Å². The average Bonchev–Trinajstić information content (AvgIpc) is 2.78. The van der Waals surface area contributed by atoms with Crippen molar-refractivity contribution in [3.63, 3.8) is 0 Å². The van der Waals surface area contributed by atoms with Crippen molar-refractivity contribution < 1.29 is 9.84 Å². The van der Waals surface area contributed by atoms with Crippen LogP contribution in [0.15, 0.2) is 18.2 Å². The van der Waals surface area contributed by atoms with Gasteiger partial charge < -0.3 is 15.2 Å². The summed E-state index contributed by atoms with van der Waals surface area (Å²) in [6.45, 7) is 4.00. The lowest BCUT2D eigenvalue weighted by molar-refractivity contribution is 0.405. The van der Waals surface area contributed by atoms with Gasteiger partial charge in [0, 0.05) is 29.5 Å². The van der Waals surface area contributed by atoms with Crippen molar-refractivity contribution in [2.45, 2.75) is 31.1 Å². The van der Waals surface area contributed by atoms with E-state index in [0.717, 1.165) is 12.1 Å². The number of ether oxygens (including phenoxy) is 1. The molecule has 0 saturated carbocycles. The minimum atomic E-state index is 0.297. The fourth-order valence-corrected chi connectivity index (χ4v) is 3.53. The van der Waals surface area contributed by atoms with Crippen LogP contribution >= 0.6 is 11.8 Å². The zero-order chi connectivity index (χ0) is 13.0. The highest BCUT2D eigenvalue weighted by atomic mass is 32.2. The molecule has 0 spiro atoms. The second-order valence-electron chi connectivity index (χ2n) is 5.00. The molecule has 2 N–H and O–H groups in total. The molecule has 1 aromatic rings. The van der Waals surface area contributed by atoms with Crippen molar-refractivity contribution in [3.05, 3.63) is 23.8 Å². The quantitative estimate of drug-likeness (QED) is 0.861. The molecule has 0 amide bonds. The zero-order valence-electron chi connectivity index (χ0n) is 11.0. The molecule has 1 aliphatic heterocycles. The van der Waals surface area contributed by atoms with Crippen LogP contribution in [-0.4, -0.2) is 29.3 Å². The van der Waals surface area contributed by atoms with E-state index in [0.29, 0.717) is 22.8 Å². The molecule has 1 saturated heterocycles.